The van der Waals surface area contributed by atoms with Crippen LogP contribution in [0, 0.1) is 18.3 Å². The molecule has 0 aliphatic heterocycles. The van der Waals surface area contributed by atoms with E-state index < -0.39 is 0 Å². The smallest absolute Gasteiger partial charge is 0.237 e. The highest BCUT2D eigenvalue weighted by Gasteiger charge is 2.21. The molecular formula is C19H19N5O2S. The van der Waals surface area contributed by atoms with Crippen LogP contribution in [-0.2, 0) is 11.3 Å². The predicted molar refractivity (Wildman–Crippen MR) is 103 cm³/mol. The first-order valence-corrected chi connectivity index (χ1v) is 9.36. The molecule has 7 nitrogen and oxygen atoms in total. The second-order valence-corrected chi connectivity index (χ2v) is 7.19. The second-order valence-electron chi connectivity index (χ2n) is 5.88. The van der Waals surface area contributed by atoms with Gasteiger partial charge in [-0.3, -0.25) is 4.79 Å². The van der Waals surface area contributed by atoms with E-state index in [2.05, 4.69) is 21.6 Å². The van der Waals surface area contributed by atoms with Gasteiger partial charge in [-0.2, -0.15) is 5.26 Å². The number of aromatic nitrogens is 3. The monoisotopic (exact) mass is 381 g/mol. The van der Waals surface area contributed by atoms with Gasteiger partial charge in [-0.1, -0.05) is 11.8 Å². The molecule has 0 aliphatic carbocycles. The molecule has 8 heteroatoms. The first-order chi connectivity index (χ1) is 13.0. The van der Waals surface area contributed by atoms with Crippen molar-refractivity contribution < 1.29 is 9.21 Å². The number of anilines is 1. The lowest BCUT2D eigenvalue weighted by atomic mass is 10.2. The molecule has 1 atom stereocenters. The van der Waals surface area contributed by atoms with Crippen molar-refractivity contribution in [2.24, 2.45) is 0 Å². The van der Waals surface area contributed by atoms with Crippen LogP contribution in [0.5, 0.6) is 0 Å². The quantitative estimate of drug-likeness (QED) is 0.651. The van der Waals surface area contributed by atoms with Crippen molar-refractivity contribution in [3.8, 4) is 17.5 Å². The third-order valence-electron chi connectivity index (χ3n) is 4.07. The molecule has 0 spiro atoms. The number of carbonyl (C=O) groups excluding carboxylic acids is 1. The summed E-state index contributed by atoms with van der Waals surface area (Å²) in [7, 11) is 0. The van der Waals surface area contributed by atoms with Crippen molar-refractivity contribution in [2.75, 3.05) is 5.32 Å². The van der Waals surface area contributed by atoms with Crippen molar-refractivity contribution in [1.29, 1.82) is 5.26 Å². The minimum Gasteiger partial charge on any atom is -0.469 e. The van der Waals surface area contributed by atoms with Gasteiger partial charge in [0, 0.05) is 12.2 Å². The van der Waals surface area contributed by atoms with Crippen LogP contribution in [-0.4, -0.2) is 25.9 Å². The molecule has 0 unspecified atom stereocenters. The summed E-state index contributed by atoms with van der Waals surface area (Å²) < 4.78 is 7.32. The Kier molecular flexibility index (Phi) is 5.62. The number of nitrogens with zero attached hydrogens (tertiary/aromatic N) is 4. The van der Waals surface area contributed by atoms with E-state index in [9.17, 15) is 4.79 Å². The third kappa shape index (κ3) is 4.04. The van der Waals surface area contributed by atoms with Gasteiger partial charge in [0.1, 0.15) is 5.76 Å². The summed E-state index contributed by atoms with van der Waals surface area (Å²) in [6.45, 7) is 6.39. The van der Waals surface area contributed by atoms with Crippen LogP contribution in [0.2, 0.25) is 0 Å². The van der Waals surface area contributed by atoms with Gasteiger partial charge in [0.25, 0.3) is 0 Å². The predicted octanol–water partition coefficient (Wildman–Crippen LogP) is 3.86. The highest BCUT2D eigenvalue weighted by molar-refractivity contribution is 8.00. The summed E-state index contributed by atoms with van der Waals surface area (Å²) in [5.41, 5.74) is 2.09. The van der Waals surface area contributed by atoms with E-state index in [1.165, 1.54) is 11.8 Å². The first-order valence-electron chi connectivity index (χ1n) is 8.48. The molecular weight excluding hydrogens is 362 g/mol. The number of nitriles is 1. The molecule has 138 valence electrons. The summed E-state index contributed by atoms with van der Waals surface area (Å²) in [4.78, 5) is 12.5. The fourth-order valence-electron chi connectivity index (χ4n) is 2.56. The molecule has 1 N–H and O–H groups in total. The van der Waals surface area contributed by atoms with Gasteiger partial charge < -0.3 is 14.3 Å². The van der Waals surface area contributed by atoms with Crippen molar-refractivity contribution in [1.82, 2.24) is 14.8 Å². The highest BCUT2D eigenvalue weighted by atomic mass is 32.2. The van der Waals surface area contributed by atoms with Crippen LogP contribution in [0.1, 0.15) is 25.2 Å². The number of benzene rings is 1. The number of nitrogens with one attached hydrogen (secondary N) is 1. The number of thioether (sulfide) groups is 1. The van der Waals surface area contributed by atoms with Crippen LogP contribution in [0.4, 0.5) is 5.69 Å². The van der Waals surface area contributed by atoms with E-state index in [1.807, 2.05) is 31.4 Å². The molecule has 0 saturated heterocycles. The Balaban J connectivity index is 1.72. The van der Waals surface area contributed by atoms with Gasteiger partial charge in [-0.05, 0) is 51.1 Å². The van der Waals surface area contributed by atoms with E-state index in [0.717, 1.165) is 17.1 Å². The molecule has 27 heavy (non-hydrogen) atoms. The third-order valence-corrected chi connectivity index (χ3v) is 5.15. The number of rotatable bonds is 6. The maximum absolute atomic E-state index is 12.5. The molecule has 1 aromatic carbocycles. The molecule has 0 fully saturated rings. The van der Waals surface area contributed by atoms with Gasteiger partial charge >= 0.3 is 0 Å². The Labute approximate surface area is 161 Å². The average molecular weight is 381 g/mol. The summed E-state index contributed by atoms with van der Waals surface area (Å²) >= 11 is 1.35. The normalized spacial score (nSPS) is 11.8. The molecule has 2 aromatic heterocycles. The van der Waals surface area contributed by atoms with Gasteiger partial charge in [0.05, 0.1) is 28.7 Å². The van der Waals surface area contributed by atoms with E-state index >= 15 is 0 Å². The lowest BCUT2D eigenvalue weighted by Gasteiger charge is -2.12. The van der Waals surface area contributed by atoms with Gasteiger partial charge in [-0.15, -0.1) is 10.2 Å². The topological polar surface area (TPSA) is 96.7 Å². The number of hydrogen-bond acceptors (Lipinski definition) is 6. The van der Waals surface area contributed by atoms with Crippen molar-refractivity contribution >= 4 is 23.4 Å². The molecule has 3 rings (SSSR count). The van der Waals surface area contributed by atoms with E-state index in [-0.39, 0.29) is 11.2 Å². The zero-order valence-corrected chi connectivity index (χ0v) is 16.1. The SMILES string of the molecule is CCn1c(S[C@@H](C)C(=O)Nc2ccc(C#N)cc2)nnc1-c1ccoc1C. The van der Waals surface area contributed by atoms with Crippen LogP contribution in [0.15, 0.2) is 46.2 Å². The minimum absolute atomic E-state index is 0.142. The highest BCUT2D eigenvalue weighted by Crippen LogP contribution is 2.29. The maximum atomic E-state index is 12.5. The molecule has 0 bridgehead atoms. The summed E-state index contributed by atoms with van der Waals surface area (Å²) in [6, 6.07) is 10.7. The maximum Gasteiger partial charge on any atom is 0.237 e. The molecule has 2 heterocycles. The fourth-order valence-corrected chi connectivity index (χ4v) is 3.47. The largest absolute Gasteiger partial charge is 0.469 e. The average Bonchev–Trinajstić information content (AvgIpc) is 3.27. The van der Waals surface area contributed by atoms with E-state index in [0.29, 0.717) is 23.0 Å². The molecule has 3 aromatic rings. The first kappa shape index (κ1) is 18.7. The Morgan fingerprint density at radius 1 is 1.33 bits per heavy atom. The summed E-state index contributed by atoms with van der Waals surface area (Å²) in [5, 5.41) is 20.5. The van der Waals surface area contributed by atoms with E-state index in [1.54, 1.807) is 30.5 Å². The number of carbonyl (C=O) groups is 1. The van der Waals surface area contributed by atoms with Gasteiger partial charge in [-0.25, -0.2) is 0 Å². The van der Waals surface area contributed by atoms with E-state index in [4.69, 9.17) is 9.68 Å². The van der Waals surface area contributed by atoms with Crippen LogP contribution in [0.25, 0.3) is 11.4 Å². The standard InChI is InChI=1S/C19H19N5O2S/c1-4-24-17(16-9-10-26-12(16)2)22-23-19(24)27-13(3)18(25)21-15-7-5-14(11-20)6-8-15/h5-10,13H,4H2,1-3H3,(H,21,25)/t13-/m0/s1. The molecule has 0 aliphatic rings. The lowest BCUT2D eigenvalue weighted by Crippen LogP contribution is -2.22. The van der Waals surface area contributed by atoms with Crippen molar-refractivity contribution in [2.45, 2.75) is 37.7 Å². The van der Waals surface area contributed by atoms with Gasteiger partial charge in [0.2, 0.25) is 5.91 Å². The molecule has 0 saturated carbocycles. The van der Waals surface area contributed by atoms with Crippen molar-refractivity contribution in [3.05, 3.63) is 47.9 Å². The van der Waals surface area contributed by atoms with Crippen molar-refractivity contribution in [3.63, 3.8) is 0 Å². The molecule has 0 radical (unpaired) electrons. The molecule has 1 amide bonds. The minimum atomic E-state index is -0.367. The Morgan fingerprint density at radius 3 is 2.67 bits per heavy atom. The second kappa shape index (κ2) is 8.10. The zero-order valence-electron chi connectivity index (χ0n) is 15.3. The zero-order chi connectivity index (χ0) is 19.4. The summed E-state index contributed by atoms with van der Waals surface area (Å²) in [5.74, 6) is 1.36. The van der Waals surface area contributed by atoms with Crippen LogP contribution in [0.3, 0.4) is 0 Å². The summed E-state index contributed by atoms with van der Waals surface area (Å²) in [6.07, 6.45) is 1.62. The number of furan rings is 1. The fraction of sp³-hybridized carbons (Fsp3) is 0.263. The number of aryl methyl sites for hydroxylation is 1. The number of hydrogen-bond donors (Lipinski definition) is 1. The van der Waals surface area contributed by atoms with Gasteiger partial charge in [0.15, 0.2) is 11.0 Å². The Morgan fingerprint density at radius 2 is 2.07 bits per heavy atom. The number of amides is 1. The Hall–Kier alpha value is -3.05. The van der Waals surface area contributed by atoms with Crippen LogP contribution < -0.4 is 5.32 Å². The Bertz CT molecular complexity index is 984. The van der Waals surface area contributed by atoms with Crippen LogP contribution >= 0.6 is 11.8 Å². The lowest BCUT2D eigenvalue weighted by molar-refractivity contribution is -0.115.